The van der Waals surface area contributed by atoms with Gasteiger partial charge in [-0.2, -0.15) is 0 Å². The van der Waals surface area contributed by atoms with E-state index in [1.165, 1.54) is 6.07 Å². The van der Waals surface area contributed by atoms with Crippen LogP contribution in [0.1, 0.15) is 25.2 Å². The molecule has 5 nitrogen and oxygen atoms in total. The van der Waals surface area contributed by atoms with Crippen LogP contribution in [0.3, 0.4) is 0 Å². The van der Waals surface area contributed by atoms with E-state index in [2.05, 4.69) is 15.2 Å². The molecular formula is C22H21ClFN3O2. The van der Waals surface area contributed by atoms with Crippen molar-refractivity contribution in [2.45, 2.75) is 25.7 Å². The predicted octanol–water partition coefficient (Wildman–Crippen LogP) is 5.31. The maximum Gasteiger partial charge on any atom is 0.225 e. The van der Waals surface area contributed by atoms with Crippen molar-refractivity contribution in [2.24, 2.45) is 0 Å². The van der Waals surface area contributed by atoms with Gasteiger partial charge in [-0.3, -0.25) is 4.79 Å². The Morgan fingerprint density at radius 1 is 1.17 bits per heavy atom. The molecule has 2 aromatic carbocycles. The summed E-state index contributed by atoms with van der Waals surface area (Å²) in [5, 5.41) is 3.30. The van der Waals surface area contributed by atoms with Crippen molar-refractivity contribution in [3.63, 3.8) is 0 Å². The highest BCUT2D eigenvalue weighted by molar-refractivity contribution is 6.33. The number of aryl methyl sites for hydroxylation is 1. The van der Waals surface area contributed by atoms with Crippen LogP contribution >= 0.6 is 11.6 Å². The summed E-state index contributed by atoms with van der Waals surface area (Å²) in [7, 11) is 0. The molecule has 1 aliphatic heterocycles. The molecule has 1 aliphatic rings. The van der Waals surface area contributed by atoms with Crippen LogP contribution in [-0.2, 0) is 11.2 Å². The lowest BCUT2D eigenvalue weighted by Crippen LogP contribution is -2.22. The number of carbonyl (C=O) groups is 1. The van der Waals surface area contributed by atoms with Crippen molar-refractivity contribution in [1.29, 1.82) is 0 Å². The Balaban J connectivity index is 1.41. The largest absolute Gasteiger partial charge is 0.441 e. The number of benzene rings is 2. The summed E-state index contributed by atoms with van der Waals surface area (Å²) in [5.74, 6) is 0.271. The molecule has 0 radical (unpaired) electrons. The number of amides is 1. The molecule has 0 saturated carbocycles. The Morgan fingerprint density at radius 3 is 2.76 bits per heavy atom. The number of anilines is 2. The third-order valence-electron chi connectivity index (χ3n) is 4.96. The second kappa shape index (κ2) is 8.66. The Kier molecular flexibility index (Phi) is 5.81. The minimum atomic E-state index is -0.431. The van der Waals surface area contributed by atoms with Gasteiger partial charge in [0.1, 0.15) is 11.5 Å². The standard InChI is InChI=1S/C22H21ClFN3O2/c23-16-7-2-1-6-15(16)19-14-25-21(29-19)11-10-20(28)26-22-17(24)8-5-9-18(22)27-12-3-4-13-27/h1-2,5-9,14H,3-4,10-13H2,(H,26,28). The van der Waals surface area contributed by atoms with E-state index in [-0.39, 0.29) is 18.0 Å². The summed E-state index contributed by atoms with van der Waals surface area (Å²) in [6.07, 6.45) is 4.18. The molecule has 0 atom stereocenters. The van der Waals surface area contributed by atoms with Gasteiger partial charge in [-0.15, -0.1) is 0 Å². The van der Waals surface area contributed by atoms with Crippen molar-refractivity contribution in [3.8, 4) is 11.3 Å². The zero-order valence-electron chi connectivity index (χ0n) is 15.8. The number of nitrogens with one attached hydrogen (secondary N) is 1. The molecule has 29 heavy (non-hydrogen) atoms. The number of hydrogen-bond donors (Lipinski definition) is 1. The number of nitrogens with zero attached hydrogens (tertiary/aromatic N) is 2. The summed E-state index contributed by atoms with van der Waals surface area (Å²) in [6, 6.07) is 12.2. The molecule has 7 heteroatoms. The first-order chi connectivity index (χ1) is 14.1. The zero-order valence-corrected chi connectivity index (χ0v) is 16.6. The van der Waals surface area contributed by atoms with Gasteiger partial charge in [0.2, 0.25) is 5.91 Å². The fourth-order valence-corrected chi connectivity index (χ4v) is 3.72. The maximum absolute atomic E-state index is 14.4. The topological polar surface area (TPSA) is 58.4 Å². The van der Waals surface area contributed by atoms with Crippen molar-refractivity contribution < 1.29 is 13.6 Å². The van der Waals surface area contributed by atoms with Crippen molar-refractivity contribution >= 4 is 28.9 Å². The highest BCUT2D eigenvalue weighted by Crippen LogP contribution is 2.32. The molecular weight excluding hydrogens is 393 g/mol. The van der Waals surface area contributed by atoms with E-state index in [0.717, 1.165) is 37.2 Å². The quantitative estimate of drug-likeness (QED) is 0.595. The van der Waals surface area contributed by atoms with Crippen LogP contribution in [0.2, 0.25) is 5.02 Å². The molecule has 2 heterocycles. The van der Waals surface area contributed by atoms with Gasteiger partial charge in [0.05, 0.1) is 16.9 Å². The second-order valence-electron chi connectivity index (χ2n) is 6.97. The van der Waals surface area contributed by atoms with Gasteiger partial charge in [-0.25, -0.2) is 9.37 Å². The van der Waals surface area contributed by atoms with E-state index in [1.54, 1.807) is 18.3 Å². The fourth-order valence-electron chi connectivity index (χ4n) is 3.49. The maximum atomic E-state index is 14.4. The van der Waals surface area contributed by atoms with E-state index in [9.17, 15) is 9.18 Å². The highest BCUT2D eigenvalue weighted by Gasteiger charge is 2.20. The number of carbonyl (C=O) groups excluding carboxylic acids is 1. The van der Waals surface area contributed by atoms with E-state index >= 15 is 0 Å². The van der Waals surface area contributed by atoms with Gasteiger partial charge in [0.25, 0.3) is 0 Å². The second-order valence-corrected chi connectivity index (χ2v) is 7.38. The molecule has 3 aromatic rings. The van der Waals surface area contributed by atoms with Crippen LogP contribution in [0, 0.1) is 5.82 Å². The monoisotopic (exact) mass is 413 g/mol. The number of aromatic nitrogens is 1. The van der Waals surface area contributed by atoms with Crippen molar-refractivity contribution in [1.82, 2.24) is 4.98 Å². The molecule has 1 N–H and O–H groups in total. The van der Waals surface area contributed by atoms with Crippen LogP contribution in [-0.4, -0.2) is 24.0 Å². The molecule has 0 aliphatic carbocycles. The van der Waals surface area contributed by atoms with Crippen LogP contribution in [0.25, 0.3) is 11.3 Å². The lowest BCUT2D eigenvalue weighted by atomic mass is 10.2. The van der Waals surface area contributed by atoms with Crippen LogP contribution in [0.15, 0.2) is 53.1 Å². The number of hydrogen-bond acceptors (Lipinski definition) is 4. The van der Waals surface area contributed by atoms with Crippen LogP contribution < -0.4 is 10.2 Å². The number of rotatable bonds is 6. The van der Waals surface area contributed by atoms with E-state index in [4.69, 9.17) is 16.0 Å². The third kappa shape index (κ3) is 4.43. The minimum absolute atomic E-state index is 0.135. The summed E-state index contributed by atoms with van der Waals surface area (Å²) in [4.78, 5) is 18.8. The van der Waals surface area contributed by atoms with Gasteiger partial charge in [0.15, 0.2) is 11.7 Å². The molecule has 0 bridgehead atoms. The van der Waals surface area contributed by atoms with Gasteiger partial charge in [-0.1, -0.05) is 29.8 Å². The average Bonchev–Trinajstić information content (AvgIpc) is 3.40. The third-order valence-corrected chi connectivity index (χ3v) is 5.29. The lowest BCUT2D eigenvalue weighted by molar-refractivity contribution is -0.116. The van der Waals surface area contributed by atoms with Crippen LogP contribution in [0.5, 0.6) is 0 Å². The Labute approximate surface area is 173 Å². The molecule has 0 spiro atoms. The predicted molar refractivity (Wildman–Crippen MR) is 112 cm³/mol. The number of halogens is 2. The highest BCUT2D eigenvalue weighted by atomic mass is 35.5. The van der Waals surface area contributed by atoms with E-state index in [0.29, 0.717) is 23.1 Å². The smallest absolute Gasteiger partial charge is 0.225 e. The van der Waals surface area contributed by atoms with E-state index in [1.807, 2.05) is 24.3 Å². The summed E-state index contributed by atoms with van der Waals surface area (Å²) >= 11 is 6.18. The van der Waals surface area contributed by atoms with Crippen LogP contribution in [0.4, 0.5) is 15.8 Å². The molecule has 1 amide bonds. The SMILES string of the molecule is O=C(CCc1ncc(-c2ccccc2Cl)o1)Nc1c(F)cccc1N1CCCC1. The molecule has 1 aromatic heterocycles. The molecule has 0 unspecified atom stereocenters. The van der Waals surface area contributed by atoms with Crippen molar-refractivity contribution in [3.05, 3.63) is 65.4 Å². The average molecular weight is 414 g/mol. The fraction of sp³-hybridized carbons (Fsp3) is 0.273. The molecule has 1 saturated heterocycles. The Hall–Kier alpha value is -2.86. The number of para-hydroxylation sites is 1. The van der Waals surface area contributed by atoms with E-state index < -0.39 is 5.82 Å². The van der Waals surface area contributed by atoms with Gasteiger partial charge < -0.3 is 14.6 Å². The van der Waals surface area contributed by atoms with Gasteiger partial charge in [0, 0.05) is 31.5 Å². The van der Waals surface area contributed by atoms with Gasteiger partial charge >= 0.3 is 0 Å². The first kappa shape index (κ1) is 19.5. The summed E-state index contributed by atoms with van der Waals surface area (Å²) in [6.45, 7) is 1.74. The molecule has 150 valence electrons. The summed E-state index contributed by atoms with van der Waals surface area (Å²) < 4.78 is 20.1. The van der Waals surface area contributed by atoms with Gasteiger partial charge in [-0.05, 0) is 37.1 Å². The zero-order chi connectivity index (χ0) is 20.2. The Bertz CT molecular complexity index is 1010. The van der Waals surface area contributed by atoms with Crippen molar-refractivity contribution in [2.75, 3.05) is 23.3 Å². The first-order valence-electron chi connectivity index (χ1n) is 9.65. The molecule has 1 fully saturated rings. The Morgan fingerprint density at radius 2 is 1.97 bits per heavy atom. The first-order valence-corrected chi connectivity index (χ1v) is 10.0. The normalized spacial score (nSPS) is 13.7. The minimum Gasteiger partial charge on any atom is -0.441 e. The lowest BCUT2D eigenvalue weighted by Gasteiger charge is -2.21. The summed E-state index contributed by atoms with van der Waals surface area (Å²) in [5.41, 5.74) is 1.72. The molecule has 4 rings (SSSR count). The number of oxazole rings is 1.